The van der Waals surface area contributed by atoms with Gasteiger partial charge in [-0.1, -0.05) is 12.1 Å². The van der Waals surface area contributed by atoms with Gasteiger partial charge in [0, 0.05) is 31.4 Å². The second-order valence-electron chi connectivity index (χ2n) is 5.94. The molecular formula is C17H18N4O2. The number of furan rings is 1. The van der Waals surface area contributed by atoms with Crippen molar-refractivity contribution in [3.63, 3.8) is 0 Å². The second kappa shape index (κ2) is 5.53. The molecule has 6 heteroatoms. The van der Waals surface area contributed by atoms with Crippen molar-refractivity contribution >= 4 is 33.8 Å². The van der Waals surface area contributed by atoms with E-state index in [0.29, 0.717) is 0 Å². The van der Waals surface area contributed by atoms with Gasteiger partial charge in [0.25, 0.3) is 0 Å². The zero-order valence-corrected chi connectivity index (χ0v) is 13.0. The number of nitrogens with one attached hydrogen (secondary N) is 1. The molecule has 1 fully saturated rings. The molecule has 4 rings (SSSR count). The Balaban J connectivity index is 1.66. The Morgan fingerprint density at radius 1 is 1.26 bits per heavy atom. The zero-order chi connectivity index (χ0) is 15.8. The summed E-state index contributed by atoms with van der Waals surface area (Å²) in [6.07, 6.45) is 3.41. The quantitative estimate of drug-likeness (QED) is 0.787. The number of rotatable bonds is 2. The van der Waals surface area contributed by atoms with E-state index in [1.54, 1.807) is 13.3 Å². The number of amides is 1. The molecular weight excluding hydrogens is 292 g/mol. The first-order valence-electron chi connectivity index (χ1n) is 7.86. The lowest BCUT2D eigenvalue weighted by Gasteiger charge is -2.32. The van der Waals surface area contributed by atoms with Crippen molar-refractivity contribution in [3.05, 3.63) is 30.6 Å². The average molecular weight is 310 g/mol. The summed E-state index contributed by atoms with van der Waals surface area (Å²) in [5.41, 5.74) is 2.43. The number of aromatic nitrogens is 2. The summed E-state index contributed by atoms with van der Waals surface area (Å²) >= 11 is 0. The lowest BCUT2D eigenvalue weighted by Crippen LogP contribution is -2.44. The molecule has 3 aromatic rings. The van der Waals surface area contributed by atoms with Gasteiger partial charge in [0.1, 0.15) is 17.4 Å². The van der Waals surface area contributed by atoms with Gasteiger partial charge in [-0.15, -0.1) is 0 Å². The summed E-state index contributed by atoms with van der Waals surface area (Å²) in [6, 6.07) is 8.15. The third kappa shape index (κ3) is 2.50. The molecule has 1 saturated heterocycles. The van der Waals surface area contributed by atoms with Gasteiger partial charge in [-0.3, -0.25) is 4.79 Å². The molecule has 1 aromatic carbocycles. The van der Waals surface area contributed by atoms with Crippen molar-refractivity contribution < 1.29 is 9.21 Å². The van der Waals surface area contributed by atoms with Crippen LogP contribution in [0.25, 0.3) is 22.1 Å². The van der Waals surface area contributed by atoms with Gasteiger partial charge in [0.2, 0.25) is 5.91 Å². The van der Waals surface area contributed by atoms with Crippen molar-refractivity contribution in [2.45, 2.75) is 25.8 Å². The maximum absolute atomic E-state index is 11.2. The van der Waals surface area contributed by atoms with Crippen molar-refractivity contribution in [3.8, 4) is 0 Å². The van der Waals surface area contributed by atoms with Crippen LogP contribution in [0.1, 0.15) is 19.8 Å². The van der Waals surface area contributed by atoms with Crippen molar-refractivity contribution in [1.29, 1.82) is 0 Å². The van der Waals surface area contributed by atoms with Gasteiger partial charge >= 0.3 is 0 Å². The number of piperidine rings is 1. The fourth-order valence-electron chi connectivity index (χ4n) is 3.26. The van der Waals surface area contributed by atoms with E-state index in [0.717, 1.165) is 53.8 Å². The molecule has 1 aliphatic rings. The molecule has 3 heterocycles. The molecule has 0 unspecified atom stereocenters. The average Bonchev–Trinajstić information content (AvgIpc) is 2.94. The normalized spacial score (nSPS) is 16.1. The Morgan fingerprint density at radius 3 is 2.83 bits per heavy atom. The molecule has 118 valence electrons. The summed E-state index contributed by atoms with van der Waals surface area (Å²) in [5, 5.41) is 4.00. The van der Waals surface area contributed by atoms with Crippen LogP contribution >= 0.6 is 0 Å². The zero-order valence-electron chi connectivity index (χ0n) is 13.0. The molecule has 2 aromatic heterocycles. The Morgan fingerprint density at radius 2 is 2.04 bits per heavy atom. The number of fused-ring (bicyclic) bond motifs is 3. The largest absolute Gasteiger partial charge is 0.450 e. The summed E-state index contributed by atoms with van der Waals surface area (Å²) in [7, 11) is 0. The summed E-state index contributed by atoms with van der Waals surface area (Å²) in [6.45, 7) is 3.25. The third-order valence-corrected chi connectivity index (χ3v) is 4.34. The first-order chi connectivity index (χ1) is 11.2. The molecule has 1 aliphatic heterocycles. The lowest BCUT2D eigenvalue weighted by atomic mass is 10.0. The van der Waals surface area contributed by atoms with E-state index in [-0.39, 0.29) is 11.9 Å². The SMILES string of the molecule is CC(=O)NC1CCN(c2ncnc3c2oc2ccccc23)CC1. The van der Waals surface area contributed by atoms with E-state index in [4.69, 9.17) is 4.42 Å². The number of hydrogen-bond donors (Lipinski definition) is 1. The van der Waals surface area contributed by atoms with Crippen molar-refractivity contribution in [1.82, 2.24) is 15.3 Å². The molecule has 1 N–H and O–H groups in total. The predicted molar refractivity (Wildman–Crippen MR) is 88.4 cm³/mol. The number of anilines is 1. The highest BCUT2D eigenvalue weighted by Gasteiger charge is 2.24. The molecule has 23 heavy (non-hydrogen) atoms. The molecule has 0 radical (unpaired) electrons. The van der Waals surface area contributed by atoms with E-state index < -0.39 is 0 Å². The number of carbonyl (C=O) groups is 1. The van der Waals surface area contributed by atoms with Crippen LogP contribution in [0.3, 0.4) is 0 Å². The van der Waals surface area contributed by atoms with Crippen LogP contribution in [0.15, 0.2) is 35.0 Å². The highest BCUT2D eigenvalue weighted by molar-refractivity contribution is 6.05. The van der Waals surface area contributed by atoms with E-state index in [1.807, 2.05) is 24.3 Å². The van der Waals surface area contributed by atoms with Gasteiger partial charge in [0.15, 0.2) is 11.4 Å². The number of hydrogen-bond acceptors (Lipinski definition) is 5. The minimum Gasteiger partial charge on any atom is -0.450 e. The molecule has 0 aliphatic carbocycles. The van der Waals surface area contributed by atoms with Gasteiger partial charge in [0.05, 0.1) is 0 Å². The van der Waals surface area contributed by atoms with Crippen LogP contribution in [0.5, 0.6) is 0 Å². The minimum absolute atomic E-state index is 0.0326. The number of benzene rings is 1. The van der Waals surface area contributed by atoms with Gasteiger partial charge in [-0.05, 0) is 25.0 Å². The highest BCUT2D eigenvalue weighted by atomic mass is 16.3. The molecule has 0 spiro atoms. The first kappa shape index (κ1) is 14.0. The maximum Gasteiger partial charge on any atom is 0.217 e. The molecule has 0 saturated carbocycles. The van der Waals surface area contributed by atoms with Gasteiger partial charge in [-0.2, -0.15) is 0 Å². The van der Waals surface area contributed by atoms with Crippen LogP contribution in [0, 0.1) is 0 Å². The maximum atomic E-state index is 11.2. The van der Waals surface area contributed by atoms with E-state index in [9.17, 15) is 4.79 Å². The van der Waals surface area contributed by atoms with E-state index in [1.165, 1.54) is 0 Å². The fraction of sp³-hybridized carbons (Fsp3) is 0.353. The standard InChI is InChI=1S/C17H18N4O2/c1-11(22)20-12-6-8-21(9-7-12)17-16-15(18-10-19-17)13-4-2-3-5-14(13)23-16/h2-5,10,12H,6-9H2,1H3,(H,20,22). The van der Waals surface area contributed by atoms with E-state index in [2.05, 4.69) is 20.2 Å². The highest BCUT2D eigenvalue weighted by Crippen LogP contribution is 2.32. The van der Waals surface area contributed by atoms with Crippen LogP contribution in [0.4, 0.5) is 5.82 Å². The molecule has 0 bridgehead atoms. The Bertz CT molecular complexity index is 865. The first-order valence-corrected chi connectivity index (χ1v) is 7.86. The molecule has 1 amide bonds. The summed E-state index contributed by atoms with van der Waals surface area (Å²) in [5.74, 6) is 0.873. The Hall–Kier alpha value is -2.63. The monoisotopic (exact) mass is 310 g/mol. The molecule has 0 atom stereocenters. The third-order valence-electron chi connectivity index (χ3n) is 4.34. The smallest absolute Gasteiger partial charge is 0.217 e. The van der Waals surface area contributed by atoms with Crippen LogP contribution in [-0.4, -0.2) is 35.0 Å². The fourth-order valence-corrected chi connectivity index (χ4v) is 3.26. The topological polar surface area (TPSA) is 71.3 Å². The van der Waals surface area contributed by atoms with E-state index >= 15 is 0 Å². The minimum atomic E-state index is 0.0326. The van der Waals surface area contributed by atoms with Crippen molar-refractivity contribution in [2.24, 2.45) is 0 Å². The van der Waals surface area contributed by atoms with Crippen molar-refractivity contribution in [2.75, 3.05) is 18.0 Å². The second-order valence-corrected chi connectivity index (χ2v) is 5.94. The lowest BCUT2D eigenvalue weighted by molar-refractivity contribution is -0.119. The summed E-state index contributed by atoms with van der Waals surface area (Å²) < 4.78 is 5.99. The predicted octanol–water partition coefficient (Wildman–Crippen LogP) is 2.48. The van der Waals surface area contributed by atoms with Crippen LogP contribution in [-0.2, 0) is 4.79 Å². The van der Waals surface area contributed by atoms with Crippen LogP contribution < -0.4 is 10.2 Å². The van der Waals surface area contributed by atoms with Gasteiger partial charge in [-0.25, -0.2) is 9.97 Å². The number of carbonyl (C=O) groups excluding carboxylic acids is 1. The number of nitrogens with zero attached hydrogens (tertiary/aromatic N) is 3. The number of para-hydroxylation sites is 1. The Kier molecular flexibility index (Phi) is 3.37. The van der Waals surface area contributed by atoms with Gasteiger partial charge < -0.3 is 14.6 Å². The molecule has 6 nitrogen and oxygen atoms in total. The Labute approximate surface area is 133 Å². The van der Waals surface area contributed by atoms with Crippen LogP contribution in [0.2, 0.25) is 0 Å². The summed E-state index contributed by atoms with van der Waals surface area (Å²) in [4.78, 5) is 22.2.